The first kappa shape index (κ1) is 15.8. The van der Waals surface area contributed by atoms with Gasteiger partial charge in [-0.05, 0) is 36.0 Å². The van der Waals surface area contributed by atoms with Crippen LogP contribution in [-0.2, 0) is 16.6 Å². The SMILES string of the molecule is CC1(C)CCCC1NS(=O)(=O)c1cc(CN)ccc1Cl. The van der Waals surface area contributed by atoms with Crippen LogP contribution in [0.1, 0.15) is 38.7 Å². The maximum absolute atomic E-state index is 12.5. The minimum absolute atomic E-state index is 0.0228. The molecule has 1 aliphatic rings. The fourth-order valence-electron chi connectivity index (χ4n) is 2.68. The largest absolute Gasteiger partial charge is 0.326 e. The minimum atomic E-state index is -3.62. The fourth-order valence-corrected chi connectivity index (χ4v) is 4.67. The Hall–Kier alpha value is -0.620. The molecular formula is C14H21ClN2O2S. The summed E-state index contributed by atoms with van der Waals surface area (Å²) in [6.07, 6.45) is 2.92. The molecule has 1 aromatic rings. The van der Waals surface area contributed by atoms with Gasteiger partial charge < -0.3 is 5.73 Å². The zero-order valence-electron chi connectivity index (χ0n) is 11.8. The highest BCUT2D eigenvalue weighted by Gasteiger charge is 2.37. The molecule has 1 atom stereocenters. The van der Waals surface area contributed by atoms with E-state index in [2.05, 4.69) is 18.6 Å². The summed E-state index contributed by atoms with van der Waals surface area (Å²) >= 11 is 6.03. The maximum atomic E-state index is 12.5. The quantitative estimate of drug-likeness (QED) is 0.897. The summed E-state index contributed by atoms with van der Waals surface area (Å²) in [5.74, 6) is 0. The van der Waals surface area contributed by atoms with Gasteiger partial charge in [0.15, 0.2) is 0 Å². The van der Waals surface area contributed by atoms with Crippen LogP contribution in [0.15, 0.2) is 23.1 Å². The van der Waals surface area contributed by atoms with E-state index >= 15 is 0 Å². The number of hydrogen-bond acceptors (Lipinski definition) is 3. The first-order valence-corrected chi connectivity index (χ1v) is 8.63. The first-order chi connectivity index (χ1) is 9.26. The molecule has 20 heavy (non-hydrogen) atoms. The van der Waals surface area contributed by atoms with Crippen LogP contribution in [0, 0.1) is 5.41 Å². The van der Waals surface area contributed by atoms with Crippen molar-refractivity contribution in [3.05, 3.63) is 28.8 Å². The molecule has 0 amide bonds. The monoisotopic (exact) mass is 316 g/mol. The van der Waals surface area contributed by atoms with Crippen molar-refractivity contribution in [3.63, 3.8) is 0 Å². The van der Waals surface area contributed by atoms with Gasteiger partial charge in [-0.3, -0.25) is 0 Å². The summed E-state index contributed by atoms with van der Waals surface area (Å²) < 4.78 is 27.9. The Kier molecular flexibility index (Phi) is 4.44. The Labute approximate surface area is 125 Å². The van der Waals surface area contributed by atoms with Gasteiger partial charge in [0, 0.05) is 12.6 Å². The van der Waals surface area contributed by atoms with Gasteiger partial charge in [-0.1, -0.05) is 37.9 Å². The molecule has 112 valence electrons. The molecule has 1 aliphatic carbocycles. The second-order valence-electron chi connectivity index (χ2n) is 6.02. The number of halogens is 1. The predicted molar refractivity (Wildman–Crippen MR) is 81.1 cm³/mol. The van der Waals surface area contributed by atoms with Gasteiger partial charge in [0.1, 0.15) is 4.90 Å². The maximum Gasteiger partial charge on any atom is 0.242 e. The van der Waals surface area contributed by atoms with Crippen molar-refractivity contribution in [1.29, 1.82) is 0 Å². The normalized spacial score (nSPS) is 22.1. The van der Waals surface area contributed by atoms with Gasteiger partial charge in [-0.2, -0.15) is 0 Å². The van der Waals surface area contributed by atoms with Gasteiger partial charge >= 0.3 is 0 Å². The molecule has 1 saturated carbocycles. The molecule has 0 saturated heterocycles. The number of benzene rings is 1. The molecule has 0 aliphatic heterocycles. The lowest BCUT2D eigenvalue weighted by molar-refractivity contribution is 0.313. The van der Waals surface area contributed by atoms with Crippen LogP contribution in [0.25, 0.3) is 0 Å². The highest BCUT2D eigenvalue weighted by molar-refractivity contribution is 7.89. The molecule has 3 N–H and O–H groups in total. The van der Waals surface area contributed by atoms with Crippen molar-refractivity contribution in [2.45, 2.75) is 50.6 Å². The molecule has 6 heteroatoms. The molecule has 0 bridgehead atoms. The van der Waals surface area contributed by atoms with E-state index < -0.39 is 10.0 Å². The van der Waals surface area contributed by atoms with Crippen molar-refractivity contribution in [2.75, 3.05) is 0 Å². The molecular weight excluding hydrogens is 296 g/mol. The topological polar surface area (TPSA) is 72.2 Å². The number of rotatable bonds is 4. The van der Waals surface area contributed by atoms with E-state index in [1.165, 1.54) is 0 Å². The average Bonchev–Trinajstić information content (AvgIpc) is 2.68. The van der Waals surface area contributed by atoms with Gasteiger partial charge in [0.25, 0.3) is 0 Å². The lowest BCUT2D eigenvalue weighted by Crippen LogP contribution is -2.41. The van der Waals surface area contributed by atoms with Crippen molar-refractivity contribution >= 4 is 21.6 Å². The Morgan fingerprint density at radius 3 is 2.70 bits per heavy atom. The third kappa shape index (κ3) is 3.17. The summed E-state index contributed by atoms with van der Waals surface area (Å²) in [6.45, 7) is 4.46. The van der Waals surface area contributed by atoms with Crippen molar-refractivity contribution < 1.29 is 8.42 Å². The Morgan fingerprint density at radius 2 is 2.15 bits per heavy atom. The van der Waals surface area contributed by atoms with E-state index in [1.54, 1.807) is 18.2 Å². The second-order valence-corrected chi connectivity index (χ2v) is 8.11. The minimum Gasteiger partial charge on any atom is -0.326 e. The average molecular weight is 317 g/mol. The van der Waals surface area contributed by atoms with Crippen molar-refractivity contribution in [2.24, 2.45) is 11.1 Å². The summed E-state index contributed by atoms with van der Waals surface area (Å²) in [7, 11) is -3.62. The van der Waals surface area contributed by atoms with Crippen LogP contribution >= 0.6 is 11.6 Å². The third-order valence-electron chi connectivity index (χ3n) is 4.08. The summed E-state index contributed by atoms with van der Waals surface area (Å²) in [5, 5.41) is 0.227. The van der Waals surface area contributed by atoms with Gasteiger partial charge in [0.2, 0.25) is 10.0 Å². The van der Waals surface area contributed by atoms with E-state index in [0.717, 1.165) is 24.8 Å². The highest BCUT2D eigenvalue weighted by atomic mass is 35.5. The van der Waals surface area contributed by atoms with Crippen LogP contribution in [-0.4, -0.2) is 14.5 Å². The van der Waals surface area contributed by atoms with Crippen LogP contribution in [0.4, 0.5) is 0 Å². The Morgan fingerprint density at radius 1 is 1.45 bits per heavy atom. The zero-order valence-corrected chi connectivity index (χ0v) is 13.4. The number of sulfonamides is 1. The van der Waals surface area contributed by atoms with Crippen LogP contribution in [0.2, 0.25) is 5.02 Å². The molecule has 4 nitrogen and oxygen atoms in total. The van der Waals surface area contributed by atoms with Gasteiger partial charge in [-0.25, -0.2) is 13.1 Å². The summed E-state index contributed by atoms with van der Waals surface area (Å²) in [5.41, 5.74) is 6.29. The molecule has 2 rings (SSSR count). The Balaban J connectivity index is 2.31. The molecule has 0 radical (unpaired) electrons. The van der Waals surface area contributed by atoms with Crippen molar-refractivity contribution in [3.8, 4) is 0 Å². The molecule has 1 unspecified atom stereocenters. The van der Waals surface area contributed by atoms with E-state index in [0.29, 0.717) is 0 Å². The van der Waals surface area contributed by atoms with E-state index in [1.807, 2.05) is 0 Å². The fraction of sp³-hybridized carbons (Fsp3) is 0.571. The van der Waals surface area contributed by atoms with Crippen LogP contribution in [0.5, 0.6) is 0 Å². The highest BCUT2D eigenvalue weighted by Crippen LogP contribution is 2.38. The summed E-state index contributed by atoms with van der Waals surface area (Å²) in [4.78, 5) is 0.116. The van der Waals surface area contributed by atoms with Crippen molar-refractivity contribution in [1.82, 2.24) is 4.72 Å². The van der Waals surface area contributed by atoms with Gasteiger partial charge in [-0.15, -0.1) is 0 Å². The summed E-state index contributed by atoms with van der Waals surface area (Å²) in [6, 6.07) is 4.82. The number of nitrogens with two attached hydrogens (primary N) is 1. The lowest BCUT2D eigenvalue weighted by Gasteiger charge is -2.27. The van der Waals surface area contributed by atoms with E-state index in [-0.39, 0.29) is 27.9 Å². The Bertz CT molecular complexity index is 599. The lowest BCUT2D eigenvalue weighted by atomic mass is 9.88. The molecule has 0 aromatic heterocycles. The third-order valence-corrected chi connectivity index (χ3v) is 6.03. The molecule has 0 heterocycles. The van der Waals surface area contributed by atoms with Crippen LogP contribution < -0.4 is 10.5 Å². The zero-order chi connectivity index (χ0) is 15.0. The van der Waals surface area contributed by atoms with Gasteiger partial charge in [0.05, 0.1) is 5.02 Å². The number of nitrogens with one attached hydrogen (secondary N) is 1. The van der Waals surface area contributed by atoms with E-state index in [4.69, 9.17) is 17.3 Å². The second kappa shape index (κ2) is 5.64. The van der Waals surface area contributed by atoms with E-state index in [9.17, 15) is 8.42 Å². The predicted octanol–water partition coefficient (Wildman–Crippen LogP) is 2.66. The standard InChI is InChI=1S/C14H21ClN2O2S/c1-14(2)7-3-4-13(14)17-20(18,19)12-8-10(9-16)5-6-11(12)15/h5-6,8,13,17H,3-4,7,9,16H2,1-2H3. The first-order valence-electron chi connectivity index (χ1n) is 6.77. The smallest absolute Gasteiger partial charge is 0.242 e. The van der Waals surface area contributed by atoms with Crippen LogP contribution in [0.3, 0.4) is 0 Å². The number of hydrogen-bond donors (Lipinski definition) is 2. The molecule has 0 spiro atoms. The molecule has 1 fully saturated rings. The molecule has 1 aromatic carbocycles.